The van der Waals surface area contributed by atoms with Crippen molar-refractivity contribution in [1.82, 2.24) is 4.90 Å². The molecule has 2 fully saturated rings. The number of hydrogen-bond donors (Lipinski definition) is 1. The third-order valence-electron chi connectivity index (χ3n) is 3.81. The van der Waals surface area contributed by atoms with Crippen molar-refractivity contribution in [2.45, 2.75) is 51.0 Å². The first kappa shape index (κ1) is 15.7. The van der Waals surface area contributed by atoms with E-state index in [1.165, 1.54) is 0 Å². The van der Waals surface area contributed by atoms with Gasteiger partial charge in [-0.25, -0.2) is 0 Å². The van der Waals surface area contributed by atoms with Crippen LogP contribution < -0.4 is 5.73 Å². The predicted octanol–water partition coefficient (Wildman–Crippen LogP) is 0.550. The quantitative estimate of drug-likeness (QED) is 0.801. The summed E-state index contributed by atoms with van der Waals surface area (Å²) >= 11 is 0. The first-order chi connectivity index (χ1) is 8.13. The van der Waals surface area contributed by atoms with Crippen LogP contribution in [0.1, 0.15) is 26.7 Å². The van der Waals surface area contributed by atoms with Gasteiger partial charge in [-0.2, -0.15) is 0 Å². The highest BCUT2D eigenvalue weighted by molar-refractivity contribution is 5.85. The summed E-state index contributed by atoms with van der Waals surface area (Å²) in [4.78, 5) is 14.2. The number of morpholine rings is 1. The number of hydrogen-bond acceptors (Lipinski definition) is 4. The number of rotatable bonds is 2. The van der Waals surface area contributed by atoms with Crippen LogP contribution in [0.5, 0.6) is 0 Å². The Kier molecular flexibility index (Phi) is 5.85. The van der Waals surface area contributed by atoms with Crippen LogP contribution in [0, 0.1) is 0 Å². The standard InChI is InChI=1S/C12H22N2O3.ClH/c1-8-9(2)16-6-5-14(8)12(15)11-4-3-10(7-13)17-11;/h8-11H,3-7,13H2,1-2H3;1H/t8?,9?,10-,11+;/m1./s1. The van der Waals surface area contributed by atoms with E-state index in [1.54, 1.807) is 0 Å². The third-order valence-corrected chi connectivity index (χ3v) is 3.81. The highest BCUT2D eigenvalue weighted by Crippen LogP contribution is 2.23. The molecule has 0 aromatic heterocycles. The molecule has 2 heterocycles. The number of halogens is 1. The van der Waals surface area contributed by atoms with Gasteiger partial charge < -0.3 is 20.1 Å². The number of nitrogens with two attached hydrogens (primary N) is 1. The Labute approximate surface area is 114 Å². The molecule has 2 aliphatic rings. The molecule has 0 spiro atoms. The lowest BCUT2D eigenvalue weighted by Gasteiger charge is -2.38. The van der Waals surface area contributed by atoms with Gasteiger partial charge in [0, 0.05) is 13.1 Å². The minimum Gasteiger partial charge on any atom is -0.375 e. The topological polar surface area (TPSA) is 64.8 Å². The second-order valence-corrected chi connectivity index (χ2v) is 4.91. The van der Waals surface area contributed by atoms with Crippen LogP contribution in [0.4, 0.5) is 0 Å². The Bertz CT molecular complexity index is 290. The lowest BCUT2D eigenvalue weighted by atomic mass is 10.1. The van der Waals surface area contributed by atoms with E-state index in [0.29, 0.717) is 19.7 Å². The molecule has 4 atom stereocenters. The summed E-state index contributed by atoms with van der Waals surface area (Å²) in [5.74, 6) is 0.101. The van der Waals surface area contributed by atoms with Crippen LogP contribution >= 0.6 is 12.4 Å². The van der Waals surface area contributed by atoms with E-state index >= 15 is 0 Å². The van der Waals surface area contributed by atoms with Crippen molar-refractivity contribution in [3.05, 3.63) is 0 Å². The van der Waals surface area contributed by atoms with Gasteiger partial charge >= 0.3 is 0 Å². The van der Waals surface area contributed by atoms with Gasteiger partial charge in [-0.05, 0) is 26.7 Å². The van der Waals surface area contributed by atoms with Crippen LogP contribution in [-0.4, -0.2) is 54.9 Å². The summed E-state index contributed by atoms with van der Waals surface area (Å²) in [5, 5.41) is 0. The lowest BCUT2D eigenvalue weighted by Crippen LogP contribution is -2.54. The molecular weight excluding hydrogens is 256 g/mol. The maximum Gasteiger partial charge on any atom is 0.252 e. The molecule has 0 radical (unpaired) electrons. The van der Waals surface area contributed by atoms with Crippen molar-refractivity contribution in [2.75, 3.05) is 19.7 Å². The molecule has 2 N–H and O–H groups in total. The fraction of sp³-hybridized carbons (Fsp3) is 0.917. The van der Waals surface area contributed by atoms with Crippen LogP contribution in [-0.2, 0) is 14.3 Å². The van der Waals surface area contributed by atoms with Crippen molar-refractivity contribution in [3.63, 3.8) is 0 Å². The molecule has 18 heavy (non-hydrogen) atoms. The maximum absolute atomic E-state index is 12.3. The van der Waals surface area contributed by atoms with Crippen LogP contribution in [0.15, 0.2) is 0 Å². The summed E-state index contributed by atoms with van der Waals surface area (Å²) in [5.41, 5.74) is 5.55. The molecule has 2 unspecified atom stereocenters. The fourth-order valence-electron chi connectivity index (χ4n) is 2.49. The zero-order chi connectivity index (χ0) is 12.4. The SMILES string of the molecule is CC1OCCN(C(=O)[C@@H]2CC[C@H](CN)O2)C1C.Cl. The largest absolute Gasteiger partial charge is 0.375 e. The molecule has 1 amide bonds. The third kappa shape index (κ3) is 3.15. The summed E-state index contributed by atoms with van der Waals surface area (Å²) < 4.78 is 11.2. The molecule has 6 heteroatoms. The van der Waals surface area contributed by atoms with Gasteiger partial charge in [-0.1, -0.05) is 0 Å². The van der Waals surface area contributed by atoms with Gasteiger partial charge in [0.15, 0.2) is 0 Å². The van der Waals surface area contributed by atoms with E-state index in [2.05, 4.69) is 0 Å². The Morgan fingerprint density at radius 2 is 2.11 bits per heavy atom. The summed E-state index contributed by atoms with van der Waals surface area (Å²) in [6.45, 7) is 5.81. The van der Waals surface area contributed by atoms with Crippen molar-refractivity contribution in [1.29, 1.82) is 0 Å². The Balaban J connectivity index is 0.00000162. The molecule has 0 aromatic carbocycles. The summed E-state index contributed by atoms with van der Waals surface area (Å²) in [7, 11) is 0. The van der Waals surface area contributed by atoms with E-state index in [1.807, 2.05) is 18.7 Å². The van der Waals surface area contributed by atoms with E-state index in [0.717, 1.165) is 12.8 Å². The minimum absolute atomic E-state index is 0. The fourth-order valence-corrected chi connectivity index (χ4v) is 2.49. The highest BCUT2D eigenvalue weighted by atomic mass is 35.5. The summed E-state index contributed by atoms with van der Waals surface area (Å²) in [6.07, 6.45) is 1.54. The van der Waals surface area contributed by atoms with Crippen molar-refractivity contribution >= 4 is 18.3 Å². The Morgan fingerprint density at radius 1 is 1.39 bits per heavy atom. The van der Waals surface area contributed by atoms with Gasteiger partial charge in [0.1, 0.15) is 6.10 Å². The van der Waals surface area contributed by atoms with E-state index in [-0.39, 0.29) is 42.7 Å². The molecule has 0 bridgehead atoms. The van der Waals surface area contributed by atoms with Crippen LogP contribution in [0.25, 0.3) is 0 Å². The smallest absolute Gasteiger partial charge is 0.252 e. The number of ether oxygens (including phenoxy) is 2. The second kappa shape index (κ2) is 6.70. The van der Waals surface area contributed by atoms with Crippen LogP contribution in [0.3, 0.4) is 0 Å². The molecule has 0 aromatic rings. The first-order valence-corrected chi connectivity index (χ1v) is 6.41. The monoisotopic (exact) mass is 278 g/mol. The number of amides is 1. The number of carbonyl (C=O) groups is 1. The highest BCUT2D eigenvalue weighted by Gasteiger charge is 2.37. The minimum atomic E-state index is -0.295. The van der Waals surface area contributed by atoms with Gasteiger partial charge in [0.2, 0.25) is 0 Å². The Morgan fingerprint density at radius 3 is 2.72 bits per heavy atom. The van der Waals surface area contributed by atoms with Gasteiger partial charge in [0.25, 0.3) is 5.91 Å². The molecule has 5 nitrogen and oxygen atoms in total. The number of carbonyl (C=O) groups excluding carboxylic acids is 1. The van der Waals surface area contributed by atoms with E-state index in [9.17, 15) is 4.79 Å². The zero-order valence-electron chi connectivity index (χ0n) is 11.0. The Hall–Kier alpha value is -0.360. The maximum atomic E-state index is 12.3. The van der Waals surface area contributed by atoms with Crippen molar-refractivity contribution in [3.8, 4) is 0 Å². The van der Waals surface area contributed by atoms with Crippen LogP contribution in [0.2, 0.25) is 0 Å². The molecule has 106 valence electrons. The molecule has 2 rings (SSSR count). The second-order valence-electron chi connectivity index (χ2n) is 4.91. The van der Waals surface area contributed by atoms with Crippen molar-refractivity contribution < 1.29 is 14.3 Å². The van der Waals surface area contributed by atoms with Gasteiger partial charge in [0.05, 0.1) is 24.9 Å². The van der Waals surface area contributed by atoms with Crippen molar-refractivity contribution in [2.24, 2.45) is 5.73 Å². The normalized spacial score (nSPS) is 36.3. The average Bonchev–Trinajstić information content (AvgIpc) is 2.80. The number of nitrogens with zero attached hydrogens (tertiary/aromatic N) is 1. The molecule has 0 saturated carbocycles. The summed E-state index contributed by atoms with van der Waals surface area (Å²) in [6, 6.07) is 0.122. The van der Waals surface area contributed by atoms with E-state index < -0.39 is 0 Å². The molecular formula is C12H23ClN2O3. The zero-order valence-corrected chi connectivity index (χ0v) is 11.8. The molecule has 2 aliphatic heterocycles. The van der Waals surface area contributed by atoms with Gasteiger partial charge in [-0.3, -0.25) is 4.79 Å². The molecule has 0 aliphatic carbocycles. The first-order valence-electron chi connectivity index (χ1n) is 6.41. The average molecular weight is 279 g/mol. The molecule has 2 saturated heterocycles. The predicted molar refractivity (Wildman–Crippen MR) is 70.8 cm³/mol. The van der Waals surface area contributed by atoms with Gasteiger partial charge in [-0.15, -0.1) is 12.4 Å². The van der Waals surface area contributed by atoms with E-state index in [4.69, 9.17) is 15.2 Å². The lowest BCUT2D eigenvalue weighted by molar-refractivity contribution is -0.155.